The van der Waals surface area contributed by atoms with Crippen molar-refractivity contribution in [2.24, 2.45) is 0 Å². The quantitative estimate of drug-likeness (QED) is 0.737. The minimum atomic E-state index is -0.278. The second kappa shape index (κ2) is 4.57. The minimum Gasteiger partial charge on any atom is -0.469 e. The Hall–Kier alpha value is -1.03. The Morgan fingerprint density at radius 2 is 2.17 bits per heavy atom. The largest absolute Gasteiger partial charge is 0.469 e. The van der Waals surface area contributed by atoms with Crippen LogP contribution in [0.15, 0.2) is 0 Å². The van der Waals surface area contributed by atoms with Crippen LogP contribution < -0.4 is 0 Å². The molecule has 100 valence electrons. The Morgan fingerprint density at radius 3 is 2.72 bits per heavy atom. The van der Waals surface area contributed by atoms with Crippen molar-refractivity contribution in [1.82, 2.24) is 9.55 Å². The lowest BCUT2D eigenvalue weighted by Gasteiger charge is -2.27. The number of hydrogen-bond acceptors (Lipinski definition) is 3. The molecule has 0 aliphatic carbocycles. The zero-order valence-corrected chi connectivity index (χ0v) is 12.0. The number of aromatic nitrogens is 2. The second-order valence-corrected chi connectivity index (χ2v) is 6.09. The van der Waals surface area contributed by atoms with Gasteiger partial charge in [-0.15, -0.1) is 0 Å². The highest BCUT2D eigenvalue weighted by atomic mass is 35.5. The van der Waals surface area contributed by atoms with Crippen LogP contribution in [0.5, 0.6) is 0 Å². The molecule has 0 fully saturated rings. The molecule has 0 bridgehead atoms. The number of imidazole rings is 1. The first-order chi connectivity index (χ1) is 8.36. The molecule has 1 aromatic rings. The number of fused-ring (bicyclic) bond motifs is 1. The van der Waals surface area contributed by atoms with Gasteiger partial charge in [0.15, 0.2) is 5.15 Å². The van der Waals surface area contributed by atoms with Crippen LogP contribution in [0, 0.1) is 0 Å². The molecule has 0 aromatic carbocycles. The van der Waals surface area contributed by atoms with Gasteiger partial charge in [0.2, 0.25) is 0 Å². The van der Waals surface area contributed by atoms with Gasteiger partial charge in [0.05, 0.1) is 12.8 Å². The molecule has 0 saturated heterocycles. The lowest BCUT2D eigenvalue weighted by molar-refractivity contribution is -0.143. The van der Waals surface area contributed by atoms with Crippen molar-refractivity contribution in [2.75, 3.05) is 7.11 Å². The topological polar surface area (TPSA) is 44.1 Å². The summed E-state index contributed by atoms with van der Waals surface area (Å²) in [5.41, 5.74) is 0.736. The number of ether oxygens (including phenoxy) is 1. The van der Waals surface area contributed by atoms with Crippen LogP contribution in [0.4, 0.5) is 0 Å². The highest BCUT2D eigenvalue weighted by Crippen LogP contribution is 2.37. The van der Waals surface area contributed by atoms with Crippen molar-refractivity contribution in [1.29, 1.82) is 0 Å². The van der Waals surface area contributed by atoms with Crippen LogP contribution in [0.1, 0.15) is 51.0 Å². The first kappa shape index (κ1) is 13.4. The van der Waals surface area contributed by atoms with Crippen LogP contribution in [0.2, 0.25) is 5.15 Å². The van der Waals surface area contributed by atoms with Gasteiger partial charge in [-0.3, -0.25) is 4.79 Å². The highest BCUT2D eigenvalue weighted by Gasteiger charge is 2.35. The number of rotatable bonds is 1. The second-order valence-electron chi connectivity index (χ2n) is 5.73. The van der Waals surface area contributed by atoms with Crippen LogP contribution in [-0.4, -0.2) is 22.6 Å². The predicted octanol–water partition coefficient (Wildman–Crippen LogP) is 2.88. The van der Waals surface area contributed by atoms with E-state index in [1.165, 1.54) is 7.11 Å². The molecule has 0 spiro atoms. The van der Waals surface area contributed by atoms with Gasteiger partial charge >= 0.3 is 5.97 Å². The number of carbonyl (C=O) groups excluding carboxylic acids is 1. The van der Waals surface area contributed by atoms with Gasteiger partial charge in [-0.1, -0.05) is 32.4 Å². The molecular weight excluding hydrogens is 252 g/mol. The lowest BCUT2D eigenvalue weighted by Crippen LogP contribution is -2.27. The van der Waals surface area contributed by atoms with Gasteiger partial charge in [0.25, 0.3) is 0 Å². The van der Waals surface area contributed by atoms with E-state index in [9.17, 15) is 4.79 Å². The molecule has 0 saturated carbocycles. The number of nitrogens with zero attached hydrogens (tertiary/aromatic N) is 2. The van der Waals surface area contributed by atoms with E-state index in [-0.39, 0.29) is 17.3 Å². The monoisotopic (exact) mass is 270 g/mol. The molecule has 1 aromatic heterocycles. The summed E-state index contributed by atoms with van der Waals surface area (Å²) in [5.74, 6) is 0.439. The van der Waals surface area contributed by atoms with E-state index in [1.807, 2.05) is 0 Å². The number of methoxy groups -OCH3 is 1. The summed E-state index contributed by atoms with van der Waals surface area (Å²) in [7, 11) is 1.41. The van der Waals surface area contributed by atoms with Crippen LogP contribution in [0.25, 0.3) is 0 Å². The molecule has 1 aliphatic heterocycles. The van der Waals surface area contributed by atoms with Crippen molar-refractivity contribution in [3.05, 3.63) is 16.7 Å². The number of esters is 1. The summed E-state index contributed by atoms with van der Waals surface area (Å²) in [6.07, 6.45) is 1.73. The third-order valence-electron chi connectivity index (χ3n) is 3.32. The maximum absolute atomic E-state index is 11.8. The van der Waals surface area contributed by atoms with Crippen molar-refractivity contribution in [3.8, 4) is 0 Å². The molecule has 0 amide bonds. The third kappa shape index (κ3) is 2.14. The molecule has 5 heteroatoms. The maximum atomic E-state index is 11.8. The van der Waals surface area contributed by atoms with Gasteiger partial charge in [0.1, 0.15) is 11.7 Å². The summed E-state index contributed by atoms with van der Waals surface area (Å²) in [5, 5.41) is 0.440. The first-order valence-electron chi connectivity index (χ1n) is 6.20. The molecule has 4 nitrogen and oxygen atoms in total. The van der Waals surface area contributed by atoms with Gasteiger partial charge in [-0.05, 0) is 12.8 Å². The van der Waals surface area contributed by atoms with E-state index >= 15 is 0 Å². The maximum Gasteiger partial charge on any atom is 0.314 e. The average Bonchev–Trinajstić information content (AvgIpc) is 2.66. The van der Waals surface area contributed by atoms with Gasteiger partial charge in [-0.25, -0.2) is 4.98 Å². The zero-order valence-electron chi connectivity index (χ0n) is 11.3. The Balaban J connectivity index is 2.53. The highest BCUT2D eigenvalue weighted by molar-refractivity contribution is 6.30. The van der Waals surface area contributed by atoms with E-state index in [4.69, 9.17) is 16.3 Å². The molecule has 0 radical (unpaired) electrons. The molecule has 0 N–H and O–H groups in total. The van der Waals surface area contributed by atoms with E-state index in [1.54, 1.807) is 0 Å². The summed E-state index contributed by atoms with van der Waals surface area (Å²) in [6.45, 7) is 7.16. The van der Waals surface area contributed by atoms with E-state index in [0.717, 1.165) is 30.9 Å². The van der Waals surface area contributed by atoms with Crippen LogP contribution in [-0.2, 0) is 21.5 Å². The summed E-state index contributed by atoms with van der Waals surface area (Å²) >= 11 is 6.22. The van der Waals surface area contributed by atoms with Gasteiger partial charge < -0.3 is 9.30 Å². The predicted molar refractivity (Wildman–Crippen MR) is 69.9 cm³/mol. The standard InChI is InChI=1S/C13H19ClN2O2/c1-13(2,3)12-15-10(14)9-8(11(17)18-4)6-5-7-16(9)12/h8H,5-7H2,1-4H3. The minimum absolute atomic E-state index is 0.0834. The average molecular weight is 271 g/mol. The summed E-state index contributed by atoms with van der Waals surface area (Å²) in [4.78, 5) is 16.3. The fraction of sp³-hybridized carbons (Fsp3) is 0.692. The molecule has 1 atom stereocenters. The summed E-state index contributed by atoms with van der Waals surface area (Å²) < 4.78 is 6.95. The van der Waals surface area contributed by atoms with E-state index in [2.05, 4.69) is 30.3 Å². The van der Waals surface area contributed by atoms with Gasteiger partial charge in [0, 0.05) is 12.0 Å². The Bertz CT molecular complexity index is 474. The first-order valence-corrected chi connectivity index (χ1v) is 6.58. The molecule has 2 heterocycles. The lowest BCUT2D eigenvalue weighted by atomic mass is 9.93. The Labute approximate surface area is 112 Å². The third-order valence-corrected chi connectivity index (χ3v) is 3.60. The number of carbonyl (C=O) groups is 1. The number of hydrogen-bond donors (Lipinski definition) is 0. The van der Waals surface area contributed by atoms with Crippen molar-refractivity contribution < 1.29 is 9.53 Å². The smallest absolute Gasteiger partial charge is 0.314 e. The summed E-state index contributed by atoms with van der Waals surface area (Å²) in [6, 6.07) is 0. The van der Waals surface area contributed by atoms with Crippen molar-refractivity contribution in [2.45, 2.75) is 51.5 Å². The Kier molecular flexibility index (Phi) is 3.41. The van der Waals surface area contributed by atoms with Crippen molar-refractivity contribution in [3.63, 3.8) is 0 Å². The number of halogens is 1. The fourth-order valence-corrected chi connectivity index (χ4v) is 2.84. The SMILES string of the molecule is COC(=O)C1CCCn2c(C(C)(C)C)nc(Cl)c21. The molecule has 1 unspecified atom stereocenters. The van der Waals surface area contributed by atoms with Crippen LogP contribution in [0.3, 0.4) is 0 Å². The molecule has 18 heavy (non-hydrogen) atoms. The zero-order chi connectivity index (χ0) is 13.5. The molecule has 1 aliphatic rings. The van der Waals surface area contributed by atoms with E-state index in [0.29, 0.717) is 5.15 Å². The molecular formula is C13H19ClN2O2. The Morgan fingerprint density at radius 1 is 1.50 bits per heavy atom. The van der Waals surface area contributed by atoms with Crippen LogP contribution >= 0.6 is 11.6 Å². The normalized spacial score (nSPS) is 19.5. The van der Waals surface area contributed by atoms with Gasteiger partial charge in [-0.2, -0.15) is 0 Å². The van der Waals surface area contributed by atoms with Crippen molar-refractivity contribution >= 4 is 17.6 Å². The fourth-order valence-electron chi connectivity index (χ4n) is 2.53. The molecule has 2 rings (SSSR count). The van der Waals surface area contributed by atoms with E-state index < -0.39 is 0 Å².